The molecular formula is C16H19N3O3S. The summed E-state index contributed by atoms with van der Waals surface area (Å²) in [5.74, 6) is 0. The summed E-state index contributed by atoms with van der Waals surface area (Å²) in [6.45, 7) is 3.71. The second kappa shape index (κ2) is 6.39. The lowest BCUT2D eigenvalue weighted by Gasteiger charge is -2.24. The van der Waals surface area contributed by atoms with E-state index in [9.17, 15) is 13.2 Å². The summed E-state index contributed by atoms with van der Waals surface area (Å²) in [6.07, 6.45) is 0. The molecule has 0 atom stereocenters. The van der Waals surface area contributed by atoms with Crippen molar-refractivity contribution in [1.82, 2.24) is 0 Å². The highest BCUT2D eigenvalue weighted by Gasteiger charge is 2.17. The highest BCUT2D eigenvalue weighted by Crippen LogP contribution is 2.28. The van der Waals surface area contributed by atoms with Gasteiger partial charge in [0.1, 0.15) is 0 Å². The summed E-state index contributed by atoms with van der Waals surface area (Å²) in [6, 6.07) is 12.8. The van der Waals surface area contributed by atoms with Crippen LogP contribution in [0, 0.1) is 0 Å². The largest absolute Gasteiger partial charge is 0.351 e. The molecule has 0 aliphatic rings. The Bertz CT molecular complexity index is 815. The van der Waals surface area contributed by atoms with Gasteiger partial charge in [0.05, 0.1) is 4.90 Å². The predicted molar refractivity (Wildman–Crippen MR) is 90.4 cm³/mol. The van der Waals surface area contributed by atoms with Gasteiger partial charge in [0.25, 0.3) is 0 Å². The van der Waals surface area contributed by atoms with Gasteiger partial charge in [-0.15, -0.1) is 0 Å². The number of sulfonamides is 1. The van der Waals surface area contributed by atoms with Crippen LogP contribution in [0.15, 0.2) is 53.4 Å². The van der Waals surface area contributed by atoms with Gasteiger partial charge in [-0.2, -0.15) is 0 Å². The number of hydrogen-bond acceptors (Lipinski definition) is 3. The molecule has 0 radical (unpaired) electrons. The van der Waals surface area contributed by atoms with Crippen LogP contribution in [0.5, 0.6) is 0 Å². The Balaban J connectivity index is 2.48. The summed E-state index contributed by atoms with van der Waals surface area (Å²) in [5.41, 5.74) is 7.23. The quantitative estimate of drug-likeness (QED) is 0.896. The van der Waals surface area contributed by atoms with Crippen LogP contribution < -0.4 is 15.8 Å². The number of benzene rings is 2. The minimum Gasteiger partial charge on any atom is -0.351 e. The van der Waals surface area contributed by atoms with E-state index < -0.39 is 16.1 Å². The minimum absolute atomic E-state index is 0.0587. The molecule has 122 valence electrons. The van der Waals surface area contributed by atoms with Gasteiger partial charge in [-0.3, -0.25) is 4.90 Å². The number of carbonyl (C=O) groups excluding carboxylic acids is 1. The molecule has 4 N–H and O–H groups in total. The molecule has 0 saturated heterocycles. The van der Waals surface area contributed by atoms with E-state index in [1.54, 1.807) is 42.5 Å². The topological polar surface area (TPSA) is 106 Å². The molecule has 0 heterocycles. The number of nitrogens with two attached hydrogens (primary N) is 2. The maximum absolute atomic E-state index is 11.7. The number of anilines is 1. The molecule has 0 bridgehead atoms. The molecule has 0 aliphatic carbocycles. The SMILES string of the molecule is CC(C)N(C(N)=O)c1ccc(-c2ccccc2S(N)(=O)=O)cc1. The maximum Gasteiger partial charge on any atom is 0.319 e. The van der Waals surface area contributed by atoms with E-state index >= 15 is 0 Å². The fourth-order valence-electron chi connectivity index (χ4n) is 2.43. The summed E-state index contributed by atoms with van der Waals surface area (Å²) in [7, 11) is -3.82. The smallest absolute Gasteiger partial charge is 0.319 e. The maximum atomic E-state index is 11.7. The molecule has 0 saturated carbocycles. The van der Waals surface area contributed by atoms with Crippen molar-refractivity contribution in [3.05, 3.63) is 48.5 Å². The van der Waals surface area contributed by atoms with Crippen LogP contribution >= 0.6 is 0 Å². The molecule has 2 amide bonds. The Morgan fingerprint density at radius 2 is 1.61 bits per heavy atom. The lowest BCUT2D eigenvalue weighted by molar-refractivity contribution is 0.252. The normalized spacial score (nSPS) is 11.5. The molecule has 0 aliphatic heterocycles. The fraction of sp³-hybridized carbons (Fsp3) is 0.188. The molecular weight excluding hydrogens is 314 g/mol. The highest BCUT2D eigenvalue weighted by molar-refractivity contribution is 7.89. The summed E-state index contributed by atoms with van der Waals surface area (Å²) in [5, 5.41) is 5.26. The number of primary amides is 1. The van der Waals surface area contributed by atoms with Gasteiger partial charge in [-0.25, -0.2) is 18.4 Å². The van der Waals surface area contributed by atoms with Gasteiger partial charge in [0.15, 0.2) is 0 Å². The number of urea groups is 1. The summed E-state index contributed by atoms with van der Waals surface area (Å²) >= 11 is 0. The van der Waals surface area contributed by atoms with Gasteiger partial charge < -0.3 is 5.73 Å². The number of hydrogen-bond donors (Lipinski definition) is 2. The molecule has 6 nitrogen and oxygen atoms in total. The molecule has 0 unspecified atom stereocenters. The van der Waals surface area contributed by atoms with Gasteiger partial charge in [-0.1, -0.05) is 30.3 Å². The van der Waals surface area contributed by atoms with Gasteiger partial charge in [0.2, 0.25) is 10.0 Å². The molecule has 0 spiro atoms. The molecule has 7 heteroatoms. The molecule has 2 rings (SSSR count). The van der Waals surface area contributed by atoms with Crippen LogP contribution in [0.1, 0.15) is 13.8 Å². The number of amides is 2. The van der Waals surface area contributed by atoms with Crippen molar-refractivity contribution >= 4 is 21.7 Å². The second-order valence-electron chi connectivity index (χ2n) is 5.39. The van der Waals surface area contributed by atoms with Gasteiger partial charge in [-0.05, 0) is 37.6 Å². The second-order valence-corrected chi connectivity index (χ2v) is 6.92. The third kappa shape index (κ3) is 3.69. The van der Waals surface area contributed by atoms with Crippen molar-refractivity contribution in [2.24, 2.45) is 10.9 Å². The van der Waals surface area contributed by atoms with E-state index in [-0.39, 0.29) is 10.9 Å². The average molecular weight is 333 g/mol. The van der Waals surface area contributed by atoms with Crippen LogP contribution in [0.2, 0.25) is 0 Å². The van der Waals surface area contributed by atoms with Crippen molar-refractivity contribution in [2.75, 3.05) is 4.90 Å². The van der Waals surface area contributed by atoms with Crippen molar-refractivity contribution in [1.29, 1.82) is 0 Å². The van der Waals surface area contributed by atoms with E-state index in [1.165, 1.54) is 11.0 Å². The predicted octanol–water partition coefficient (Wildman–Crippen LogP) is 2.29. The average Bonchev–Trinajstić information content (AvgIpc) is 2.46. The first-order valence-corrected chi connectivity index (χ1v) is 8.57. The van der Waals surface area contributed by atoms with Gasteiger partial charge >= 0.3 is 6.03 Å². The molecule has 2 aromatic rings. The summed E-state index contributed by atoms with van der Waals surface area (Å²) in [4.78, 5) is 13.0. The number of rotatable bonds is 4. The standard InChI is InChI=1S/C16H19N3O3S/c1-11(2)19(16(17)20)13-9-7-12(8-10-13)14-5-3-4-6-15(14)23(18,21)22/h3-11H,1-2H3,(H2,17,20)(H2,18,21,22). The number of nitrogens with zero attached hydrogens (tertiary/aromatic N) is 1. The third-order valence-corrected chi connectivity index (χ3v) is 4.37. The number of primary sulfonamides is 1. The zero-order chi connectivity index (χ0) is 17.2. The van der Waals surface area contributed by atoms with Crippen LogP contribution in [0.4, 0.5) is 10.5 Å². The lowest BCUT2D eigenvalue weighted by atomic mass is 10.0. The first-order valence-electron chi connectivity index (χ1n) is 7.02. The summed E-state index contributed by atoms with van der Waals surface area (Å²) < 4.78 is 23.4. The lowest BCUT2D eigenvalue weighted by Crippen LogP contribution is -2.40. The fourth-order valence-corrected chi connectivity index (χ4v) is 3.20. The molecule has 2 aromatic carbocycles. The Kier molecular flexibility index (Phi) is 4.72. The zero-order valence-corrected chi connectivity index (χ0v) is 13.7. The van der Waals surface area contributed by atoms with Crippen molar-refractivity contribution in [2.45, 2.75) is 24.8 Å². The number of carbonyl (C=O) groups is 1. The van der Waals surface area contributed by atoms with Crippen LogP contribution in [0.3, 0.4) is 0 Å². The van der Waals surface area contributed by atoms with Crippen LogP contribution in [-0.2, 0) is 10.0 Å². The Hall–Kier alpha value is -2.38. The van der Waals surface area contributed by atoms with E-state index in [4.69, 9.17) is 10.9 Å². The van der Waals surface area contributed by atoms with Crippen molar-refractivity contribution < 1.29 is 13.2 Å². The van der Waals surface area contributed by atoms with E-state index in [0.29, 0.717) is 16.8 Å². The molecule has 0 aromatic heterocycles. The Morgan fingerprint density at radius 3 is 2.09 bits per heavy atom. The Morgan fingerprint density at radius 1 is 1.04 bits per heavy atom. The van der Waals surface area contributed by atoms with E-state index in [0.717, 1.165) is 0 Å². The van der Waals surface area contributed by atoms with E-state index in [1.807, 2.05) is 13.8 Å². The van der Waals surface area contributed by atoms with E-state index in [2.05, 4.69) is 0 Å². The highest BCUT2D eigenvalue weighted by atomic mass is 32.2. The third-order valence-electron chi connectivity index (χ3n) is 3.40. The van der Waals surface area contributed by atoms with Crippen molar-refractivity contribution in [3.63, 3.8) is 0 Å². The van der Waals surface area contributed by atoms with Gasteiger partial charge in [0, 0.05) is 17.3 Å². The van der Waals surface area contributed by atoms with Crippen LogP contribution in [0.25, 0.3) is 11.1 Å². The Labute approximate surface area is 135 Å². The monoisotopic (exact) mass is 333 g/mol. The zero-order valence-electron chi connectivity index (χ0n) is 12.9. The minimum atomic E-state index is -3.82. The molecule has 0 fully saturated rings. The first kappa shape index (κ1) is 17.0. The first-order chi connectivity index (χ1) is 10.7. The molecule has 23 heavy (non-hydrogen) atoms. The van der Waals surface area contributed by atoms with Crippen LogP contribution in [-0.4, -0.2) is 20.5 Å². The van der Waals surface area contributed by atoms with Crippen molar-refractivity contribution in [3.8, 4) is 11.1 Å².